The minimum atomic E-state index is -0.503. The number of nitrogens with two attached hydrogens (primary N) is 1. The van der Waals surface area contributed by atoms with Gasteiger partial charge in [-0.15, -0.1) is 0 Å². The van der Waals surface area contributed by atoms with Gasteiger partial charge in [0.05, 0.1) is 4.92 Å². The van der Waals surface area contributed by atoms with E-state index in [0.29, 0.717) is 6.54 Å². The molecule has 0 aromatic carbocycles. The molecule has 1 heterocycles. The first-order valence-electron chi connectivity index (χ1n) is 5.54. The fourth-order valence-corrected chi connectivity index (χ4v) is 1.52. The Hall–Kier alpha value is -1.96. The zero-order valence-corrected chi connectivity index (χ0v) is 10.8. The van der Waals surface area contributed by atoms with Crippen LogP contribution in [0.4, 0.5) is 17.5 Å². The van der Waals surface area contributed by atoms with E-state index in [1.165, 1.54) is 0 Å². The number of nitro groups is 1. The standard InChI is InChI=1S/C10H18N6O2/c1-14(2)5-4-6-15(3)9-8(16(17)18)7-12-10(11)13-9/h7H,4-6H2,1-3H3,(H2,11,12,13). The molecule has 18 heavy (non-hydrogen) atoms. The summed E-state index contributed by atoms with van der Waals surface area (Å²) in [6, 6.07) is 0. The topological polar surface area (TPSA) is 101 Å². The van der Waals surface area contributed by atoms with E-state index in [1.807, 2.05) is 14.1 Å². The van der Waals surface area contributed by atoms with Crippen LogP contribution < -0.4 is 10.6 Å². The van der Waals surface area contributed by atoms with Crippen LogP contribution in [0.3, 0.4) is 0 Å². The summed E-state index contributed by atoms with van der Waals surface area (Å²) < 4.78 is 0. The third-order valence-corrected chi connectivity index (χ3v) is 2.43. The quantitative estimate of drug-likeness (QED) is 0.577. The van der Waals surface area contributed by atoms with Crippen LogP contribution in [-0.4, -0.2) is 54.0 Å². The van der Waals surface area contributed by atoms with Crippen LogP contribution >= 0.6 is 0 Å². The van der Waals surface area contributed by atoms with Gasteiger partial charge >= 0.3 is 5.69 Å². The second-order valence-corrected chi connectivity index (χ2v) is 4.27. The second kappa shape index (κ2) is 6.10. The van der Waals surface area contributed by atoms with Gasteiger partial charge in [0, 0.05) is 13.6 Å². The van der Waals surface area contributed by atoms with Crippen molar-refractivity contribution in [1.29, 1.82) is 0 Å². The van der Waals surface area contributed by atoms with Crippen molar-refractivity contribution in [2.24, 2.45) is 0 Å². The van der Waals surface area contributed by atoms with Gasteiger partial charge < -0.3 is 15.5 Å². The molecule has 8 heteroatoms. The zero-order chi connectivity index (χ0) is 13.7. The van der Waals surface area contributed by atoms with E-state index in [2.05, 4.69) is 14.9 Å². The lowest BCUT2D eigenvalue weighted by Crippen LogP contribution is -2.25. The summed E-state index contributed by atoms with van der Waals surface area (Å²) in [7, 11) is 5.71. The normalized spacial score (nSPS) is 10.7. The van der Waals surface area contributed by atoms with Gasteiger partial charge in [0.2, 0.25) is 11.8 Å². The highest BCUT2D eigenvalue weighted by molar-refractivity contribution is 5.57. The largest absolute Gasteiger partial charge is 0.368 e. The molecule has 0 spiro atoms. The number of nitrogen functional groups attached to an aromatic ring is 1. The number of anilines is 2. The fraction of sp³-hybridized carbons (Fsp3) is 0.600. The highest BCUT2D eigenvalue weighted by atomic mass is 16.6. The van der Waals surface area contributed by atoms with E-state index in [-0.39, 0.29) is 17.5 Å². The molecule has 1 rings (SSSR count). The summed E-state index contributed by atoms with van der Waals surface area (Å²) in [5.41, 5.74) is 5.33. The predicted molar refractivity (Wildman–Crippen MR) is 69.5 cm³/mol. The van der Waals surface area contributed by atoms with E-state index in [9.17, 15) is 10.1 Å². The molecule has 0 unspecified atom stereocenters. The Morgan fingerprint density at radius 2 is 2.06 bits per heavy atom. The highest BCUT2D eigenvalue weighted by Crippen LogP contribution is 2.24. The van der Waals surface area contributed by atoms with Crippen molar-refractivity contribution < 1.29 is 4.92 Å². The first kappa shape index (κ1) is 14.1. The molecular weight excluding hydrogens is 236 g/mol. The van der Waals surface area contributed by atoms with Crippen LogP contribution in [0.15, 0.2) is 6.20 Å². The molecular formula is C10H18N6O2. The van der Waals surface area contributed by atoms with Crippen molar-refractivity contribution in [3.8, 4) is 0 Å². The molecule has 0 bridgehead atoms. The highest BCUT2D eigenvalue weighted by Gasteiger charge is 2.19. The van der Waals surface area contributed by atoms with Crippen LogP contribution in [0.2, 0.25) is 0 Å². The molecule has 0 aliphatic rings. The number of hydrogen-bond donors (Lipinski definition) is 1. The van der Waals surface area contributed by atoms with Crippen molar-refractivity contribution in [3.05, 3.63) is 16.3 Å². The number of hydrogen-bond acceptors (Lipinski definition) is 7. The Morgan fingerprint density at radius 3 is 2.61 bits per heavy atom. The maximum atomic E-state index is 10.9. The van der Waals surface area contributed by atoms with Crippen molar-refractivity contribution in [2.75, 3.05) is 44.9 Å². The maximum Gasteiger partial charge on any atom is 0.329 e. The molecule has 0 radical (unpaired) electrons. The van der Waals surface area contributed by atoms with Crippen LogP contribution in [0.1, 0.15) is 6.42 Å². The average molecular weight is 254 g/mol. The predicted octanol–water partition coefficient (Wildman–Crippen LogP) is 0.355. The summed E-state index contributed by atoms with van der Waals surface area (Å²) in [5.74, 6) is 0.293. The molecule has 0 atom stereocenters. The molecule has 2 N–H and O–H groups in total. The van der Waals surface area contributed by atoms with Gasteiger partial charge in [0.25, 0.3) is 0 Å². The van der Waals surface area contributed by atoms with Crippen LogP contribution in [-0.2, 0) is 0 Å². The van der Waals surface area contributed by atoms with E-state index in [4.69, 9.17) is 5.73 Å². The molecule has 100 valence electrons. The fourth-order valence-electron chi connectivity index (χ4n) is 1.52. The molecule has 1 aromatic heterocycles. The lowest BCUT2D eigenvalue weighted by atomic mass is 10.3. The lowest BCUT2D eigenvalue weighted by molar-refractivity contribution is -0.384. The van der Waals surface area contributed by atoms with Gasteiger partial charge in [-0.3, -0.25) is 10.1 Å². The SMILES string of the molecule is CN(C)CCCN(C)c1nc(N)ncc1[N+](=O)[O-]. The summed E-state index contributed by atoms with van der Waals surface area (Å²) in [6.45, 7) is 1.56. The maximum absolute atomic E-state index is 10.9. The number of nitrogens with zero attached hydrogens (tertiary/aromatic N) is 5. The first-order chi connectivity index (χ1) is 8.41. The molecule has 1 aromatic rings. The lowest BCUT2D eigenvalue weighted by Gasteiger charge is -2.19. The zero-order valence-electron chi connectivity index (χ0n) is 10.8. The third kappa shape index (κ3) is 3.81. The number of aromatic nitrogens is 2. The molecule has 0 saturated heterocycles. The van der Waals surface area contributed by atoms with Gasteiger partial charge in [-0.25, -0.2) is 4.98 Å². The summed E-state index contributed by atoms with van der Waals surface area (Å²) in [4.78, 5) is 21.7. The Labute approximate surface area is 106 Å². The van der Waals surface area contributed by atoms with E-state index in [1.54, 1.807) is 11.9 Å². The van der Waals surface area contributed by atoms with Crippen molar-refractivity contribution in [2.45, 2.75) is 6.42 Å². The van der Waals surface area contributed by atoms with Crippen molar-refractivity contribution >= 4 is 17.5 Å². The van der Waals surface area contributed by atoms with Crippen LogP contribution in [0, 0.1) is 10.1 Å². The van der Waals surface area contributed by atoms with E-state index < -0.39 is 4.92 Å². The smallest absolute Gasteiger partial charge is 0.329 e. The Morgan fingerprint density at radius 1 is 1.39 bits per heavy atom. The van der Waals surface area contributed by atoms with Gasteiger partial charge in [0.1, 0.15) is 6.20 Å². The molecule has 0 amide bonds. The Balaban J connectivity index is 2.80. The minimum Gasteiger partial charge on any atom is -0.368 e. The average Bonchev–Trinajstić information content (AvgIpc) is 2.27. The Bertz CT molecular complexity index is 423. The van der Waals surface area contributed by atoms with E-state index >= 15 is 0 Å². The van der Waals surface area contributed by atoms with Gasteiger partial charge in [-0.05, 0) is 27.1 Å². The van der Waals surface area contributed by atoms with E-state index in [0.717, 1.165) is 19.2 Å². The summed E-state index contributed by atoms with van der Waals surface area (Å²) >= 11 is 0. The van der Waals surface area contributed by atoms with Crippen LogP contribution in [0.25, 0.3) is 0 Å². The molecule has 8 nitrogen and oxygen atoms in total. The first-order valence-corrected chi connectivity index (χ1v) is 5.54. The molecule has 0 saturated carbocycles. The molecule has 0 aliphatic carbocycles. The Kier molecular flexibility index (Phi) is 4.78. The minimum absolute atomic E-state index is 0.0371. The number of rotatable bonds is 6. The van der Waals surface area contributed by atoms with Gasteiger partial charge in [-0.2, -0.15) is 4.98 Å². The third-order valence-electron chi connectivity index (χ3n) is 2.43. The second-order valence-electron chi connectivity index (χ2n) is 4.27. The molecule has 0 fully saturated rings. The van der Waals surface area contributed by atoms with Gasteiger partial charge in [0.15, 0.2) is 0 Å². The summed E-state index contributed by atoms with van der Waals surface area (Å²) in [5, 5.41) is 10.9. The molecule has 0 aliphatic heterocycles. The van der Waals surface area contributed by atoms with Crippen LogP contribution in [0.5, 0.6) is 0 Å². The summed E-state index contributed by atoms with van der Waals surface area (Å²) in [6.07, 6.45) is 2.02. The van der Waals surface area contributed by atoms with Crippen molar-refractivity contribution in [3.63, 3.8) is 0 Å². The van der Waals surface area contributed by atoms with Gasteiger partial charge in [-0.1, -0.05) is 0 Å². The monoisotopic (exact) mass is 254 g/mol. The van der Waals surface area contributed by atoms with Crippen molar-refractivity contribution in [1.82, 2.24) is 14.9 Å².